The lowest BCUT2D eigenvalue weighted by molar-refractivity contribution is -0.132. The number of halogens is 3. The van der Waals surface area contributed by atoms with Crippen LogP contribution in [0, 0.1) is 24.4 Å². The molecular weight excluding hydrogens is 680 g/mol. The van der Waals surface area contributed by atoms with E-state index in [1.54, 1.807) is 20.3 Å². The second-order valence-corrected chi connectivity index (χ2v) is 13.7. The molecule has 7 rings (SSSR count). The molecule has 6 aromatic rings. The number of carbonyl (C=O) groups excluding carboxylic acids is 2. The number of hydrogen-bond donors (Lipinski definition) is 0. The van der Waals surface area contributed by atoms with Crippen molar-refractivity contribution in [1.29, 1.82) is 0 Å². The highest BCUT2D eigenvalue weighted by atomic mass is 32.1. The minimum absolute atomic E-state index is 0.0118. The molecule has 0 saturated carbocycles. The molecule has 5 heterocycles. The van der Waals surface area contributed by atoms with Crippen LogP contribution in [0.4, 0.5) is 13.2 Å². The van der Waals surface area contributed by atoms with Crippen LogP contribution in [-0.4, -0.2) is 72.9 Å². The molecular formula is C37H34F3N7O3S. The first kappa shape index (κ1) is 34.0. The molecule has 0 unspecified atom stereocenters. The molecule has 2 aromatic carbocycles. The van der Waals surface area contributed by atoms with E-state index in [2.05, 4.69) is 11.7 Å². The number of aryl methyl sites for hydroxylation is 2. The number of benzene rings is 2. The standard InChI is InChI=1S/C37H34F3N7O3S/c1-8-30(48)47-18(2)15-46-28(20(47)4)14-27(43-46)36-34(32-24(39)12-22(38)13-29(32)50-16-31(49)44(5)6)33-25(40)17-51-37(33)35(41-36)21-9-10-23-19(3)45(7)42-26(23)11-21/h8-14,17-18,20H,1,15-16H2,2-7H3/t18-,20+/m0/s1. The van der Waals surface area contributed by atoms with E-state index in [4.69, 9.17) is 14.8 Å². The van der Waals surface area contributed by atoms with Crippen LogP contribution in [0.1, 0.15) is 31.3 Å². The fourth-order valence-electron chi connectivity index (χ4n) is 6.76. The average Bonchev–Trinajstić information content (AvgIpc) is 3.77. The summed E-state index contributed by atoms with van der Waals surface area (Å²) >= 11 is 1.09. The monoisotopic (exact) mass is 713 g/mol. The highest BCUT2D eigenvalue weighted by Gasteiger charge is 2.35. The summed E-state index contributed by atoms with van der Waals surface area (Å²) in [6, 6.07) is 8.41. The Morgan fingerprint density at radius 2 is 1.82 bits per heavy atom. The van der Waals surface area contributed by atoms with Crippen LogP contribution in [0.2, 0.25) is 0 Å². The summed E-state index contributed by atoms with van der Waals surface area (Å²) in [5.74, 6) is -3.63. The van der Waals surface area contributed by atoms with E-state index in [9.17, 15) is 14.0 Å². The van der Waals surface area contributed by atoms with Crippen molar-refractivity contribution in [2.75, 3.05) is 20.7 Å². The number of amides is 2. The number of pyridine rings is 1. The zero-order valence-corrected chi connectivity index (χ0v) is 29.6. The molecule has 0 N–H and O–H groups in total. The van der Waals surface area contributed by atoms with Gasteiger partial charge < -0.3 is 14.5 Å². The molecule has 0 aliphatic carbocycles. The zero-order chi connectivity index (χ0) is 36.5. The lowest BCUT2D eigenvalue weighted by Crippen LogP contribution is -2.46. The summed E-state index contributed by atoms with van der Waals surface area (Å²) in [4.78, 5) is 33.4. The van der Waals surface area contributed by atoms with E-state index in [-0.39, 0.29) is 45.6 Å². The number of hydrogen-bond acceptors (Lipinski definition) is 7. The van der Waals surface area contributed by atoms with Crippen molar-refractivity contribution in [2.24, 2.45) is 7.05 Å². The van der Waals surface area contributed by atoms with Crippen molar-refractivity contribution in [1.82, 2.24) is 34.3 Å². The van der Waals surface area contributed by atoms with Gasteiger partial charge in [0.1, 0.15) is 34.6 Å². The van der Waals surface area contributed by atoms with Crippen molar-refractivity contribution in [3.8, 4) is 39.5 Å². The topological polar surface area (TPSA) is 98.4 Å². The average molecular weight is 714 g/mol. The van der Waals surface area contributed by atoms with Gasteiger partial charge in [0, 0.05) is 72.3 Å². The van der Waals surface area contributed by atoms with E-state index >= 15 is 8.78 Å². The maximum Gasteiger partial charge on any atom is 0.259 e. The number of carbonyl (C=O) groups is 2. The van der Waals surface area contributed by atoms with E-state index in [1.807, 2.05) is 46.0 Å². The van der Waals surface area contributed by atoms with Gasteiger partial charge in [0.2, 0.25) is 5.91 Å². The molecule has 0 bridgehead atoms. The third-order valence-corrected chi connectivity index (χ3v) is 10.4. The first-order valence-corrected chi connectivity index (χ1v) is 17.1. The van der Waals surface area contributed by atoms with Crippen molar-refractivity contribution in [3.63, 3.8) is 0 Å². The smallest absolute Gasteiger partial charge is 0.259 e. The lowest BCUT2D eigenvalue weighted by atomic mass is 9.94. The molecule has 2 atom stereocenters. The minimum Gasteiger partial charge on any atom is -0.483 e. The van der Waals surface area contributed by atoms with Gasteiger partial charge >= 0.3 is 0 Å². The Labute approximate surface area is 295 Å². The summed E-state index contributed by atoms with van der Waals surface area (Å²) in [5, 5.41) is 11.8. The predicted octanol–water partition coefficient (Wildman–Crippen LogP) is 7.05. The number of thiophene rings is 1. The van der Waals surface area contributed by atoms with E-state index < -0.39 is 36.0 Å². The molecule has 0 saturated heterocycles. The Balaban J connectivity index is 1.53. The third kappa shape index (κ3) is 5.63. The quantitative estimate of drug-likeness (QED) is 0.165. The molecule has 10 nitrogen and oxygen atoms in total. The highest BCUT2D eigenvalue weighted by molar-refractivity contribution is 7.17. The van der Waals surface area contributed by atoms with Crippen LogP contribution < -0.4 is 4.74 Å². The Bertz CT molecular complexity index is 2410. The molecule has 51 heavy (non-hydrogen) atoms. The van der Waals surface area contributed by atoms with Gasteiger partial charge in [-0.2, -0.15) is 10.2 Å². The SMILES string of the molecule is C=CC(=O)N1[C@H](C)c2cc(-c3nc(-c4ccc5c(C)n(C)nc5c4)c4scc(F)c4c3-c3c(F)cc(F)cc3OCC(=O)N(C)C)nn2C[C@@H]1C. The highest BCUT2D eigenvalue weighted by Crippen LogP contribution is 2.48. The summed E-state index contributed by atoms with van der Waals surface area (Å²) < 4.78 is 57.0. The van der Waals surface area contributed by atoms with Crippen LogP contribution in [0.3, 0.4) is 0 Å². The summed E-state index contributed by atoms with van der Waals surface area (Å²) in [7, 11) is 4.90. The van der Waals surface area contributed by atoms with Gasteiger partial charge in [0.05, 0.1) is 39.8 Å². The van der Waals surface area contributed by atoms with Gasteiger partial charge in [-0.1, -0.05) is 18.7 Å². The van der Waals surface area contributed by atoms with Crippen LogP contribution >= 0.6 is 11.3 Å². The fraction of sp³-hybridized carbons (Fsp3) is 0.270. The molecule has 1 aliphatic rings. The second-order valence-electron chi connectivity index (χ2n) is 12.9. The third-order valence-electron chi connectivity index (χ3n) is 9.43. The molecule has 2 amide bonds. The Kier molecular flexibility index (Phi) is 8.44. The van der Waals surface area contributed by atoms with Crippen molar-refractivity contribution < 1.29 is 27.5 Å². The largest absolute Gasteiger partial charge is 0.483 e. The van der Waals surface area contributed by atoms with E-state index in [1.165, 1.54) is 30.5 Å². The predicted molar refractivity (Wildman–Crippen MR) is 190 cm³/mol. The first-order valence-electron chi connectivity index (χ1n) is 16.2. The van der Waals surface area contributed by atoms with Gasteiger partial charge in [-0.15, -0.1) is 11.3 Å². The number of nitrogens with zero attached hydrogens (tertiary/aromatic N) is 7. The fourth-order valence-corrected chi connectivity index (χ4v) is 7.70. The number of ether oxygens (including phenoxy) is 1. The number of aromatic nitrogens is 5. The summed E-state index contributed by atoms with van der Waals surface area (Å²) in [5.41, 5.74) is 3.50. The molecule has 0 radical (unpaired) electrons. The summed E-state index contributed by atoms with van der Waals surface area (Å²) in [6.45, 7) is 9.20. The Morgan fingerprint density at radius 3 is 2.55 bits per heavy atom. The van der Waals surface area contributed by atoms with Crippen LogP contribution in [-0.2, 0) is 23.2 Å². The van der Waals surface area contributed by atoms with Crippen LogP contribution in [0.15, 0.2) is 54.4 Å². The van der Waals surface area contributed by atoms with Gasteiger partial charge in [-0.25, -0.2) is 18.2 Å². The van der Waals surface area contributed by atoms with Gasteiger partial charge in [0.15, 0.2) is 6.61 Å². The Hall–Kier alpha value is -5.50. The number of likely N-dealkylation sites (N-methyl/N-ethyl adjacent to an activating group) is 1. The van der Waals surface area contributed by atoms with Crippen molar-refractivity contribution in [2.45, 2.75) is 39.4 Å². The van der Waals surface area contributed by atoms with Crippen molar-refractivity contribution >= 4 is 44.1 Å². The zero-order valence-electron chi connectivity index (χ0n) is 28.8. The molecule has 4 aromatic heterocycles. The normalized spacial score (nSPS) is 15.7. The maximum atomic E-state index is 16.3. The van der Waals surface area contributed by atoms with Crippen molar-refractivity contribution in [3.05, 3.63) is 83.3 Å². The van der Waals surface area contributed by atoms with E-state index in [0.717, 1.165) is 28.5 Å². The van der Waals surface area contributed by atoms with E-state index in [0.29, 0.717) is 39.8 Å². The lowest BCUT2D eigenvalue weighted by Gasteiger charge is -2.38. The molecule has 1 aliphatic heterocycles. The first-order chi connectivity index (χ1) is 24.3. The molecule has 262 valence electrons. The second kappa shape index (κ2) is 12.7. The van der Waals surface area contributed by atoms with Gasteiger partial charge in [0.25, 0.3) is 5.91 Å². The van der Waals surface area contributed by atoms with Crippen LogP contribution in [0.5, 0.6) is 5.75 Å². The summed E-state index contributed by atoms with van der Waals surface area (Å²) in [6.07, 6.45) is 1.26. The Morgan fingerprint density at radius 1 is 1.06 bits per heavy atom. The molecule has 0 spiro atoms. The van der Waals surface area contributed by atoms with Crippen LogP contribution in [0.25, 0.3) is 54.8 Å². The number of fused-ring (bicyclic) bond motifs is 3. The van der Waals surface area contributed by atoms with Gasteiger partial charge in [-0.05, 0) is 39.0 Å². The maximum absolute atomic E-state index is 16.3. The molecule has 14 heteroatoms. The molecule has 0 fully saturated rings. The minimum atomic E-state index is -1.04. The number of rotatable bonds is 7. The van der Waals surface area contributed by atoms with Gasteiger partial charge in [-0.3, -0.25) is 19.0 Å².